The van der Waals surface area contributed by atoms with Crippen molar-refractivity contribution in [3.05, 3.63) is 58.6 Å². The van der Waals surface area contributed by atoms with Gasteiger partial charge in [-0.3, -0.25) is 14.4 Å². The first kappa shape index (κ1) is 19.8. The second kappa shape index (κ2) is 7.93. The Morgan fingerprint density at radius 1 is 1.25 bits per heavy atom. The third-order valence-electron chi connectivity index (χ3n) is 4.19. The van der Waals surface area contributed by atoms with Gasteiger partial charge in [0.05, 0.1) is 11.6 Å². The number of halogens is 3. The third-order valence-corrected chi connectivity index (χ3v) is 4.43. The molecule has 0 radical (unpaired) electrons. The van der Waals surface area contributed by atoms with E-state index in [1.807, 2.05) is 0 Å². The smallest absolute Gasteiger partial charge is 0.314 e. The lowest BCUT2D eigenvalue weighted by Gasteiger charge is -2.25. The van der Waals surface area contributed by atoms with Gasteiger partial charge in [-0.15, -0.1) is 0 Å². The van der Waals surface area contributed by atoms with Crippen LogP contribution in [0.4, 0.5) is 20.2 Å². The number of hydrogen-bond donors (Lipinski definition) is 2. The highest BCUT2D eigenvalue weighted by Crippen LogP contribution is 2.33. The van der Waals surface area contributed by atoms with Crippen molar-refractivity contribution in [1.82, 2.24) is 0 Å². The van der Waals surface area contributed by atoms with E-state index in [4.69, 9.17) is 16.3 Å². The summed E-state index contributed by atoms with van der Waals surface area (Å²) in [6, 6.07) is 7.35. The van der Waals surface area contributed by atoms with Gasteiger partial charge in [0.15, 0.2) is 6.10 Å². The Balaban J connectivity index is 1.70. The third kappa shape index (κ3) is 4.28. The molecule has 0 spiro atoms. The van der Waals surface area contributed by atoms with E-state index in [1.165, 1.54) is 25.1 Å². The molecule has 0 aliphatic carbocycles. The summed E-state index contributed by atoms with van der Waals surface area (Å²) in [6.07, 6.45) is -1.45. The van der Waals surface area contributed by atoms with Crippen molar-refractivity contribution in [1.29, 1.82) is 0 Å². The van der Waals surface area contributed by atoms with Gasteiger partial charge in [-0.25, -0.2) is 8.78 Å². The predicted octanol–water partition coefficient (Wildman–Crippen LogP) is 3.61. The highest BCUT2D eigenvalue weighted by Gasteiger charge is 2.34. The van der Waals surface area contributed by atoms with E-state index in [-0.39, 0.29) is 22.8 Å². The molecule has 2 atom stereocenters. The first-order chi connectivity index (χ1) is 13.2. The van der Waals surface area contributed by atoms with Gasteiger partial charge in [-0.1, -0.05) is 17.7 Å². The van der Waals surface area contributed by atoms with Crippen molar-refractivity contribution in [2.45, 2.75) is 25.4 Å². The SMILES string of the molecule is C[C@H](OC(=O)[C@@H]1CC(=O)Nc2cc(F)ccc21)C(=O)Nc1ccc(Cl)cc1F. The van der Waals surface area contributed by atoms with Gasteiger partial charge in [0, 0.05) is 17.1 Å². The van der Waals surface area contributed by atoms with Crippen LogP contribution in [-0.2, 0) is 19.1 Å². The fourth-order valence-corrected chi connectivity index (χ4v) is 2.94. The molecule has 28 heavy (non-hydrogen) atoms. The second-order valence-corrected chi connectivity index (χ2v) is 6.67. The maximum atomic E-state index is 13.8. The van der Waals surface area contributed by atoms with Gasteiger partial charge in [0.1, 0.15) is 11.6 Å². The van der Waals surface area contributed by atoms with E-state index >= 15 is 0 Å². The molecule has 1 heterocycles. The van der Waals surface area contributed by atoms with Crippen molar-refractivity contribution in [3.8, 4) is 0 Å². The second-order valence-electron chi connectivity index (χ2n) is 6.23. The average molecular weight is 409 g/mol. The summed E-state index contributed by atoms with van der Waals surface area (Å²) in [5, 5.41) is 4.96. The molecule has 9 heteroatoms. The Morgan fingerprint density at radius 2 is 2.00 bits per heavy atom. The number of carbonyl (C=O) groups is 3. The maximum absolute atomic E-state index is 13.8. The van der Waals surface area contributed by atoms with Gasteiger partial charge in [0.2, 0.25) is 5.91 Å². The molecule has 0 saturated carbocycles. The molecule has 0 aromatic heterocycles. The van der Waals surface area contributed by atoms with E-state index in [1.54, 1.807) is 0 Å². The van der Waals surface area contributed by atoms with Crippen molar-refractivity contribution in [2.24, 2.45) is 0 Å². The summed E-state index contributed by atoms with van der Waals surface area (Å²) in [6.45, 7) is 1.32. The number of fused-ring (bicyclic) bond motifs is 1. The molecule has 0 bridgehead atoms. The van der Waals surface area contributed by atoms with E-state index in [9.17, 15) is 23.2 Å². The minimum absolute atomic E-state index is 0.116. The van der Waals surface area contributed by atoms with Crippen LogP contribution in [0.1, 0.15) is 24.8 Å². The summed E-state index contributed by atoms with van der Waals surface area (Å²) in [5.74, 6) is -4.33. The van der Waals surface area contributed by atoms with Crippen LogP contribution >= 0.6 is 11.6 Å². The first-order valence-electron chi connectivity index (χ1n) is 8.30. The number of ether oxygens (including phenoxy) is 1. The molecule has 6 nitrogen and oxygen atoms in total. The highest BCUT2D eigenvalue weighted by atomic mass is 35.5. The number of carbonyl (C=O) groups excluding carboxylic acids is 3. The molecule has 0 fully saturated rings. The predicted molar refractivity (Wildman–Crippen MR) is 98.0 cm³/mol. The summed E-state index contributed by atoms with van der Waals surface area (Å²) in [4.78, 5) is 36.5. The van der Waals surface area contributed by atoms with Crippen LogP contribution in [0.25, 0.3) is 0 Å². The minimum Gasteiger partial charge on any atom is -0.452 e. The molecule has 2 amide bonds. The van der Waals surface area contributed by atoms with E-state index in [0.29, 0.717) is 5.56 Å². The summed E-state index contributed by atoms with van der Waals surface area (Å²) >= 11 is 5.66. The van der Waals surface area contributed by atoms with E-state index < -0.39 is 41.4 Å². The Kier molecular flexibility index (Phi) is 5.60. The fourth-order valence-electron chi connectivity index (χ4n) is 2.78. The summed E-state index contributed by atoms with van der Waals surface area (Å²) in [5.41, 5.74) is 0.455. The number of amides is 2. The van der Waals surface area contributed by atoms with Crippen LogP contribution in [0.5, 0.6) is 0 Å². The molecule has 1 aliphatic heterocycles. The Hall–Kier alpha value is -3.00. The van der Waals surface area contributed by atoms with Crippen LogP contribution in [0, 0.1) is 11.6 Å². The quantitative estimate of drug-likeness (QED) is 0.757. The number of hydrogen-bond acceptors (Lipinski definition) is 4. The zero-order valence-electron chi connectivity index (χ0n) is 14.6. The number of benzene rings is 2. The van der Waals surface area contributed by atoms with E-state index in [2.05, 4.69) is 10.6 Å². The lowest BCUT2D eigenvalue weighted by atomic mass is 9.90. The lowest BCUT2D eigenvalue weighted by Crippen LogP contribution is -2.34. The zero-order valence-corrected chi connectivity index (χ0v) is 15.3. The average Bonchev–Trinajstić information content (AvgIpc) is 2.62. The summed E-state index contributed by atoms with van der Waals surface area (Å²) in [7, 11) is 0. The van der Waals surface area contributed by atoms with Gasteiger partial charge < -0.3 is 15.4 Å². The maximum Gasteiger partial charge on any atom is 0.314 e. The van der Waals surface area contributed by atoms with Crippen molar-refractivity contribution in [3.63, 3.8) is 0 Å². The molecule has 146 valence electrons. The summed E-state index contributed by atoms with van der Waals surface area (Å²) < 4.78 is 32.3. The largest absolute Gasteiger partial charge is 0.452 e. The zero-order chi connectivity index (χ0) is 20.4. The van der Waals surface area contributed by atoms with Crippen molar-refractivity contribution in [2.75, 3.05) is 10.6 Å². The number of rotatable bonds is 4. The van der Waals surface area contributed by atoms with Crippen molar-refractivity contribution >= 4 is 40.8 Å². The van der Waals surface area contributed by atoms with Crippen LogP contribution in [0.2, 0.25) is 5.02 Å². The molecule has 2 aromatic carbocycles. The standard InChI is InChI=1S/C19H15ClF2N2O4/c1-9(18(26)24-15-5-2-10(20)6-14(15)22)28-19(27)13-8-17(25)23-16-7-11(21)3-4-12(13)16/h2-7,9,13H,8H2,1H3,(H,23,25)(H,24,26)/t9-,13+/m0/s1. The van der Waals surface area contributed by atoms with Gasteiger partial charge in [0.25, 0.3) is 5.91 Å². The fraction of sp³-hybridized carbons (Fsp3) is 0.211. The van der Waals surface area contributed by atoms with Gasteiger partial charge in [-0.2, -0.15) is 0 Å². The Labute approximate surface area is 163 Å². The Bertz CT molecular complexity index is 967. The molecule has 0 saturated heterocycles. The molecular weight excluding hydrogens is 394 g/mol. The number of esters is 1. The van der Waals surface area contributed by atoms with Gasteiger partial charge >= 0.3 is 5.97 Å². The molecule has 2 N–H and O–H groups in total. The molecule has 0 unspecified atom stereocenters. The molecule has 3 rings (SSSR count). The van der Waals surface area contributed by atoms with Crippen LogP contribution in [0.15, 0.2) is 36.4 Å². The normalized spacial score (nSPS) is 16.6. The number of nitrogens with one attached hydrogen (secondary N) is 2. The minimum atomic E-state index is -1.25. The van der Waals surface area contributed by atoms with Gasteiger partial charge in [-0.05, 0) is 42.8 Å². The topological polar surface area (TPSA) is 84.5 Å². The number of anilines is 2. The van der Waals surface area contributed by atoms with Crippen LogP contribution in [0.3, 0.4) is 0 Å². The molecule has 1 aliphatic rings. The lowest BCUT2D eigenvalue weighted by molar-refractivity contribution is -0.155. The van der Waals surface area contributed by atoms with Crippen molar-refractivity contribution < 1.29 is 27.9 Å². The Morgan fingerprint density at radius 3 is 2.71 bits per heavy atom. The molecular formula is C19H15ClF2N2O4. The van der Waals surface area contributed by atoms with Crippen LogP contribution in [-0.4, -0.2) is 23.9 Å². The monoisotopic (exact) mass is 408 g/mol. The first-order valence-corrected chi connectivity index (χ1v) is 8.68. The van der Waals surface area contributed by atoms with E-state index in [0.717, 1.165) is 18.2 Å². The molecule has 2 aromatic rings. The van der Waals surface area contributed by atoms with Crippen LogP contribution < -0.4 is 10.6 Å². The highest BCUT2D eigenvalue weighted by molar-refractivity contribution is 6.30.